The predicted octanol–water partition coefficient (Wildman–Crippen LogP) is 2.71. The van der Waals surface area contributed by atoms with E-state index in [1.807, 2.05) is 11.8 Å². The third-order valence-electron chi connectivity index (χ3n) is 3.87. The number of hydrogen-bond acceptors (Lipinski definition) is 3. The molecule has 0 saturated heterocycles. The lowest BCUT2D eigenvalue weighted by molar-refractivity contribution is -0.138. The highest BCUT2D eigenvalue weighted by atomic mass is 32.2. The van der Waals surface area contributed by atoms with Gasteiger partial charge in [-0.05, 0) is 43.8 Å². The molecule has 21 heavy (non-hydrogen) atoms. The highest BCUT2D eigenvalue weighted by Crippen LogP contribution is 2.28. The van der Waals surface area contributed by atoms with Crippen LogP contribution in [0.15, 0.2) is 0 Å². The maximum Gasteiger partial charge on any atom is 0.315 e. The first kappa shape index (κ1) is 18.1. The number of nitrogens with one attached hydrogen (secondary N) is 2. The van der Waals surface area contributed by atoms with Crippen molar-refractivity contribution in [3.05, 3.63) is 0 Å². The monoisotopic (exact) mass is 316 g/mol. The van der Waals surface area contributed by atoms with Gasteiger partial charge in [-0.25, -0.2) is 4.79 Å². The van der Waals surface area contributed by atoms with Crippen molar-refractivity contribution in [3.63, 3.8) is 0 Å². The van der Waals surface area contributed by atoms with Gasteiger partial charge in [0.1, 0.15) is 0 Å². The average molecular weight is 316 g/mol. The minimum atomic E-state index is -0.804. The zero-order valence-electron chi connectivity index (χ0n) is 13.2. The summed E-state index contributed by atoms with van der Waals surface area (Å²) in [4.78, 5) is 22.7. The summed E-state index contributed by atoms with van der Waals surface area (Å²) in [6.07, 6.45) is 6.24. The first-order valence-corrected chi connectivity index (χ1v) is 8.98. The molecule has 0 aromatic carbocycles. The second kappa shape index (κ2) is 9.18. The van der Waals surface area contributed by atoms with E-state index in [-0.39, 0.29) is 24.4 Å². The molecular formula is C15H28N2O3S. The lowest BCUT2D eigenvalue weighted by Crippen LogP contribution is -2.43. The van der Waals surface area contributed by atoms with Crippen molar-refractivity contribution in [1.82, 2.24) is 10.6 Å². The molecule has 1 rings (SSSR count). The Morgan fingerprint density at radius 3 is 2.57 bits per heavy atom. The van der Waals surface area contributed by atoms with Crippen LogP contribution in [0.25, 0.3) is 0 Å². The summed E-state index contributed by atoms with van der Waals surface area (Å²) in [5.41, 5.74) is 0. The number of carboxylic acid groups (broad SMARTS) is 1. The number of aliphatic carboxylic acids is 1. The Labute approximate surface area is 131 Å². The molecule has 0 spiro atoms. The molecule has 3 unspecified atom stereocenters. The number of carboxylic acids is 1. The summed E-state index contributed by atoms with van der Waals surface area (Å²) < 4.78 is 0. The van der Waals surface area contributed by atoms with Crippen LogP contribution in [-0.4, -0.2) is 41.2 Å². The van der Waals surface area contributed by atoms with Crippen LogP contribution in [0.1, 0.15) is 46.0 Å². The molecule has 1 fully saturated rings. The van der Waals surface area contributed by atoms with Crippen LogP contribution in [0, 0.1) is 11.8 Å². The Hall–Kier alpha value is -0.910. The SMILES string of the molecule is CSC1CCC(NC(=O)NCC(CC(=O)O)CC(C)C)C1. The Bertz CT molecular complexity index is 350. The molecule has 1 aliphatic rings. The summed E-state index contributed by atoms with van der Waals surface area (Å²) in [5, 5.41) is 15.4. The van der Waals surface area contributed by atoms with E-state index in [1.54, 1.807) is 0 Å². The van der Waals surface area contributed by atoms with Gasteiger partial charge in [0, 0.05) is 24.3 Å². The molecular weight excluding hydrogens is 288 g/mol. The summed E-state index contributed by atoms with van der Waals surface area (Å²) in [7, 11) is 0. The third-order valence-corrected chi connectivity index (χ3v) is 4.97. The van der Waals surface area contributed by atoms with Crippen LogP contribution in [0.5, 0.6) is 0 Å². The van der Waals surface area contributed by atoms with Gasteiger partial charge in [0.25, 0.3) is 0 Å². The van der Waals surface area contributed by atoms with Crippen LogP contribution in [0.3, 0.4) is 0 Å². The summed E-state index contributed by atoms with van der Waals surface area (Å²) in [6, 6.07) is 0.0892. The van der Waals surface area contributed by atoms with Gasteiger partial charge >= 0.3 is 12.0 Å². The van der Waals surface area contributed by atoms with Gasteiger partial charge in [-0.15, -0.1) is 0 Å². The minimum Gasteiger partial charge on any atom is -0.481 e. The largest absolute Gasteiger partial charge is 0.481 e. The topological polar surface area (TPSA) is 78.4 Å². The number of amides is 2. The first-order valence-electron chi connectivity index (χ1n) is 7.69. The second-order valence-electron chi connectivity index (χ2n) is 6.32. The molecule has 0 aromatic rings. The molecule has 3 N–H and O–H groups in total. The molecule has 3 atom stereocenters. The molecule has 6 heteroatoms. The van der Waals surface area contributed by atoms with Gasteiger partial charge in [0.15, 0.2) is 0 Å². The fourth-order valence-electron chi connectivity index (χ4n) is 2.91. The summed E-state index contributed by atoms with van der Waals surface area (Å²) >= 11 is 1.86. The highest BCUT2D eigenvalue weighted by Gasteiger charge is 2.25. The zero-order chi connectivity index (χ0) is 15.8. The summed E-state index contributed by atoms with van der Waals surface area (Å²) in [6.45, 7) is 4.56. The van der Waals surface area contributed by atoms with Crippen molar-refractivity contribution in [2.75, 3.05) is 12.8 Å². The number of hydrogen-bond donors (Lipinski definition) is 3. The fraction of sp³-hybridized carbons (Fsp3) is 0.867. The van der Waals surface area contributed by atoms with E-state index in [0.29, 0.717) is 17.7 Å². The molecule has 0 bridgehead atoms. The molecule has 5 nitrogen and oxygen atoms in total. The highest BCUT2D eigenvalue weighted by molar-refractivity contribution is 7.99. The van der Waals surface area contributed by atoms with Gasteiger partial charge in [0.05, 0.1) is 0 Å². The number of carbonyl (C=O) groups excluding carboxylic acids is 1. The predicted molar refractivity (Wildman–Crippen MR) is 86.7 cm³/mol. The van der Waals surface area contributed by atoms with Gasteiger partial charge < -0.3 is 15.7 Å². The zero-order valence-corrected chi connectivity index (χ0v) is 14.0. The standard InChI is InChI=1S/C15H28N2O3S/c1-10(2)6-11(7-14(18)19)9-16-15(20)17-12-4-5-13(8-12)21-3/h10-13H,4-9H2,1-3H3,(H,18,19)(H2,16,17,20). The van der Waals surface area contributed by atoms with E-state index in [2.05, 4.69) is 30.7 Å². The molecule has 0 aliphatic heterocycles. The Kier molecular flexibility index (Phi) is 7.93. The van der Waals surface area contributed by atoms with Crippen LogP contribution in [0.4, 0.5) is 4.79 Å². The molecule has 1 saturated carbocycles. The first-order chi connectivity index (χ1) is 9.90. The molecule has 1 aliphatic carbocycles. The van der Waals surface area contributed by atoms with Gasteiger partial charge in [0.2, 0.25) is 0 Å². The van der Waals surface area contributed by atoms with Crippen molar-refractivity contribution >= 4 is 23.8 Å². The summed E-state index contributed by atoms with van der Waals surface area (Å²) in [5.74, 6) is -0.381. The van der Waals surface area contributed by atoms with Gasteiger partial charge in [-0.1, -0.05) is 13.8 Å². The maximum absolute atomic E-state index is 11.9. The van der Waals surface area contributed by atoms with Crippen LogP contribution in [-0.2, 0) is 4.79 Å². The van der Waals surface area contributed by atoms with Crippen LogP contribution >= 0.6 is 11.8 Å². The van der Waals surface area contributed by atoms with Crippen molar-refractivity contribution in [1.29, 1.82) is 0 Å². The number of thioether (sulfide) groups is 1. The van der Waals surface area contributed by atoms with E-state index in [4.69, 9.17) is 5.11 Å². The fourth-order valence-corrected chi connectivity index (χ4v) is 3.71. The van der Waals surface area contributed by atoms with Crippen molar-refractivity contribution in [2.24, 2.45) is 11.8 Å². The van der Waals surface area contributed by atoms with E-state index >= 15 is 0 Å². The number of rotatable bonds is 8. The quantitative estimate of drug-likeness (QED) is 0.643. The van der Waals surface area contributed by atoms with Crippen LogP contribution in [0.2, 0.25) is 0 Å². The van der Waals surface area contributed by atoms with Crippen molar-refractivity contribution in [3.8, 4) is 0 Å². The third kappa shape index (κ3) is 7.60. The maximum atomic E-state index is 11.9. The van der Waals surface area contributed by atoms with E-state index in [1.165, 1.54) is 0 Å². The van der Waals surface area contributed by atoms with Gasteiger partial charge in [-0.3, -0.25) is 4.79 Å². The van der Waals surface area contributed by atoms with Crippen LogP contribution < -0.4 is 10.6 Å². The van der Waals surface area contributed by atoms with Crippen molar-refractivity contribution < 1.29 is 14.7 Å². The molecule has 0 heterocycles. The van der Waals surface area contributed by atoms with E-state index in [0.717, 1.165) is 25.7 Å². The molecule has 0 radical (unpaired) electrons. The lowest BCUT2D eigenvalue weighted by atomic mass is 9.94. The van der Waals surface area contributed by atoms with Crippen molar-refractivity contribution in [2.45, 2.75) is 57.2 Å². The number of carbonyl (C=O) groups is 2. The smallest absolute Gasteiger partial charge is 0.315 e. The second-order valence-corrected chi connectivity index (χ2v) is 7.45. The Morgan fingerprint density at radius 1 is 1.33 bits per heavy atom. The van der Waals surface area contributed by atoms with E-state index in [9.17, 15) is 9.59 Å². The average Bonchev–Trinajstić information content (AvgIpc) is 2.82. The number of urea groups is 1. The van der Waals surface area contributed by atoms with Gasteiger partial charge in [-0.2, -0.15) is 11.8 Å². The minimum absolute atomic E-state index is 0.00391. The molecule has 2 amide bonds. The Morgan fingerprint density at radius 2 is 2.05 bits per heavy atom. The van der Waals surface area contributed by atoms with E-state index < -0.39 is 5.97 Å². The lowest BCUT2D eigenvalue weighted by Gasteiger charge is -2.19. The molecule has 0 aromatic heterocycles. The normalized spacial score (nSPS) is 23.0. The Balaban J connectivity index is 2.30. The molecule has 122 valence electrons.